The molecule has 0 bridgehead atoms. The van der Waals surface area contributed by atoms with Crippen molar-refractivity contribution in [2.24, 2.45) is 5.92 Å². The van der Waals surface area contributed by atoms with E-state index in [0.717, 1.165) is 12.5 Å². The van der Waals surface area contributed by atoms with Crippen LogP contribution in [0.25, 0.3) is 0 Å². The molecule has 100 valence electrons. The molecule has 1 saturated carbocycles. The Morgan fingerprint density at radius 3 is 2.33 bits per heavy atom. The van der Waals surface area contributed by atoms with Crippen LogP contribution in [0, 0.1) is 5.92 Å². The predicted octanol–water partition coefficient (Wildman–Crippen LogP) is 3.42. The van der Waals surface area contributed by atoms with Crippen molar-refractivity contribution in [2.75, 3.05) is 19.0 Å². The van der Waals surface area contributed by atoms with Crippen LogP contribution in [-0.2, 0) is 6.54 Å². The lowest BCUT2D eigenvalue weighted by Crippen LogP contribution is -2.31. The number of rotatable bonds is 5. The van der Waals surface area contributed by atoms with Crippen LogP contribution in [0.15, 0.2) is 24.3 Å². The smallest absolute Gasteiger partial charge is 0.0361 e. The summed E-state index contributed by atoms with van der Waals surface area (Å²) in [6, 6.07) is 9.49. The fourth-order valence-electron chi connectivity index (χ4n) is 2.81. The van der Waals surface area contributed by atoms with Gasteiger partial charge in [-0.3, -0.25) is 0 Å². The van der Waals surface area contributed by atoms with Crippen LogP contribution in [0.5, 0.6) is 0 Å². The van der Waals surface area contributed by atoms with Crippen LogP contribution < -0.4 is 10.2 Å². The fraction of sp³-hybridized carbons (Fsp3) is 0.625. The maximum atomic E-state index is 3.68. The summed E-state index contributed by atoms with van der Waals surface area (Å²) < 4.78 is 0. The molecular formula is C16H26N2. The molecule has 0 amide bonds. The molecule has 1 fully saturated rings. The molecule has 0 spiro atoms. The minimum absolute atomic E-state index is 0.654. The molecule has 0 aliphatic heterocycles. The van der Waals surface area contributed by atoms with Crippen molar-refractivity contribution in [3.8, 4) is 0 Å². The molecular weight excluding hydrogens is 220 g/mol. The van der Waals surface area contributed by atoms with Gasteiger partial charge < -0.3 is 10.2 Å². The van der Waals surface area contributed by atoms with Crippen LogP contribution >= 0.6 is 0 Å². The Morgan fingerprint density at radius 2 is 1.78 bits per heavy atom. The van der Waals surface area contributed by atoms with E-state index in [1.54, 1.807) is 0 Å². The van der Waals surface area contributed by atoms with Gasteiger partial charge in [0.05, 0.1) is 0 Å². The number of nitrogens with one attached hydrogen (secondary N) is 1. The van der Waals surface area contributed by atoms with E-state index in [1.165, 1.54) is 36.9 Å². The van der Waals surface area contributed by atoms with E-state index in [2.05, 4.69) is 55.5 Å². The average Bonchev–Trinajstić information content (AvgIpc) is 2.90. The fourth-order valence-corrected chi connectivity index (χ4v) is 2.81. The van der Waals surface area contributed by atoms with Gasteiger partial charge in [-0.2, -0.15) is 0 Å². The van der Waals surface area contributed by atoms with Crippen molar-refractivity contribution in [2.45, 2.75) is 45.2 Å². The molecule has 2 heteroatoms. The van der Waals surface area contributed by atoms with Crippen LogP contribution in [0.4, 0.5) is 5.69 Å². The van der Waals surface area contributed by atoms with Gasteiger partial charge in [0.2, 0.25) is 0 Å². The first-order valence-electron chi connectivity index (χ1n) is 7.16. The Labute approximate surface area is 111 Å². The second-order valence-electron chi connectivity index (χ2n) is 5.77. The van der Waals surface area contributed by atoms with E-state index >= 15 is 0 Å². The van der Waals surface area contributed by atoms with Crippen molar-refractivity contribution in [3.63, 3.8) is 0 Å². The normalized spacial score (nSPS) is 17.9. The van der Waals surface area contributed by atoms with Gasteiger partial charge in [-0.1, -0.05) is 25.0 Å². The molecule has 2 nitrogen and oxygen atoms in total. The second-order valence-corrected chi connectivity index (χ2v) is 5.77. The van der Waals surface area contributed by atoms with Crippen molar-refractivity contribution >= 4 is 5.69 Å². The van der Waals surface area contributed by atoms with Crippen LogP contribution in [0.2, 0.25) is 0 Å². The van der Waals surface area contributed by atoms with Gasteiger partial charge in [-0.25, -0.2) is 0 Å². The van der Waals surface area contributed by atoms with E-state index in [-0.39, 0.29) is 0 Å². The summed E-state index contributed by atoms with van der Waals surface area (Å²) in [5, 5.41) is 3.68. The maximum Gasteiger partial charge on any atom is 0.0361 e. The molecule has 1 aliphatic carbocycles. The summed E-state index contributed by atoms with van der Waals surface area (Å²) >= 11 is 0. The standard InChI is InChI=1S/C16H26N2/c1-13(15-6-4-5-7-15)17-12-14-8-10-16(11-9-14)18(2)3/h8-11,13,15,17H,4-7,12H2,1-3H3/t13-/m0/s1. The van der Waals surface area contributed by atoms with Crippen LogP contribution in [-0.4, -0.2) is 20.1 Å². The van der Waals surface area contributed by atoms with Gasteiger partial charge in [-0.05, 0) is 43.4 Å². The zero-order valence-corrected chi connectivity index (χ0v) is 11.9. The highest BCUT2D eigenvalue weighted by Crippen LogP contribution is 2.27. The quantitative estimate of drug-likeness (QED) is 0.856. The first-order chi connectivity index (χ1) is 8.66. The van der Waals surface area contributed by atoms with Crippen molar-refractivity contribution in [1.82, 2.24) is 5.32 Å². The predicted molar refractivity (Wildman–Crippen MR) is 79.0 cm³/mol. The third kappa shape index (κ3) is 3.49. The first-order valence-corrected chi connectivity index (χ1v) is 7.16. The summed E-state index contributed by atoms with van der Waals surface area (Å²) in [5.74, 6) is 0.894. The second kappa shape index (κ2) is 6.24. The Balaban J connectivity index is 1.82. The average molecular weight is 246 g/mol. The molecule has 2 rings (SSSR count). The minimum Gasteiger partial charge on any atom is -0.378 e. The number of nitrogens with zero attached hydrogens (tertiary/aromatic N) is 1. The monoisotopic (exact) mass is 246 g/mol. The van der Waals surface area contributed by atoms with E-state index in [9.17, 15) is 0 Å². The first kappa shape index (κ1) is 13.4. The largest absolute Gasteiger partial charge is 0.378 e. The molecule has 18 heavy (non-hydrogen) atoms. The van der Waals surface area contributed by atoms with E-state index in [1.807, 2.05) is 0 Å². The van der Waals surface area contributed by atoms with E-state index < -0.39 is 0 Å². The lowest BCUT2D eigenvalue weighted by molar-refractivity contribution is 0.380. The van der Waals surface area contributed by atoms with Gasteiger partial charge in [0.25, 0.3) is 0 Å². The Morgan fingerprint density at radius 1 is 1.17 bits per heavy atom. The molecule has 0 saturated heterocycles. The molecule has 0 unspecified atom stereocenters. The zero-order chi connectivity index (χ0) is 13.0. The molecule has 1 aromatic rings. The number of hydrogen-bond acceptors (Lipinski definition) is 2. The van der Waals surface area contributed by atoms with Gasteiger partial charge >= 0.3 is 0 Å². The zero-order valence-electron chi connectivity index (χ0n) is 11.9. The third-order valence-electron chi connectivity index (χ3n) is 4.19. The molecule has 0 radical (unpaired) electrons. The molecule has 0 aromatic heterocycles. The van der Waals surface area contributed by atoms with Crippen LogP contribution in [0.3, 0.4) is 0 Å². The molecule has 0 heterocycles. The van der Waals surface area contributed by atoms with E-state index in [0.29, 0.717) is 6.04 Å². The highest BCUT2D eigenvalue weighted by Gasteiger charge is 2.20. The molecule has 1 aromatic carbocycles. The summed E-state index contributed by atoms with van der Waals surface area (Å²) in [4.78, 5) is 2.14. The van der Waals surface area contributed by atoms with Gasteiger partial charge in [0, 0.05) is 32.4 Å². The van der Waals surface area contributed by atoms with E-state index in [4.69, 9.17) is 0 Å². The molecule has 1 aliphatic rings. The van der Waals surface area contributed by atoms with Gasteiger partial charge in [0.15, 0.2) is 0 Å². The maximum absolute atomic E-state index is 3.68. The lowest BCUT2D eigenvalue weighted by atomic mass is 9.99. The molecule has 1 N–H and O–H groups in total. The number of anilines is 1. The third-order valence-corrected chi connectivity index (χ3v) is 4.19. The van der Waals surface area contributed by atoms with Crippen molar-refractivity contribution < 1.29 is 0 Å². The summed E-state index contributed by atoms with van der Waals surface area (Å²) in [7, 11) is 4.16. The number of benzene rings is 1. The highest BCUT2D eigenvalue weighted by molar-refractivity contribution is 5.45. The minimum atomic E-state index is 0.654. The lowest BCUT2D eigenvalue weighted by Gasteiger charge is -2.20. The topological polar surface area (TPSA) is 15.3 Å². The van der Waals surface area contributed by atoms with Crippen LogP contribution in [0.1, 0.15) is 38.2 Å². The van der Waals surface area contributed by atoms with Gasteiger partial charge in [-0.15, -0.1) is 0 Å². The SMILES string of the molecule is C[C@H](NCc1ccc(N(C)C)cc1)C1CCCC1. The number of hydrogen-bond donors (Lipinski definition) is 1. The highest BCUT2D eigenvalue weighted by atomic mass is 15.1. The van der Waals surface area contributed by atoms with Crippen molar-refractivity contribution in [1.29, 1.82) is 0 Å². The molecule has 1 atom stereocenters. The Hall–Kier alpha value is -1.02. The summed E-state index contributed by atoms with van der Waals surface area (Å²) in [6.45, 7) is 3.33. The summed E-state index contributed by atoms with van der Waals surface area (Å²) in [6.07, 6.45) is 5.67. The Bertz CT molecular complexity index is 350. The van der Waals surface area contributed by atoms with Crippen molar-refractivity contribution in [3.05, 3.63) is 29.8 Å². The Kier molecular flexibility index (Phi) is 4.65. The van der Waals surface area contributed by atoms with Gasteiger partial charge in [0.1, 0.15) is 0 Å². The summed E-state index contributed by atoms with van der Waals surface area (Å²) in [5.41, 5.74) is 2.65.